The molecule has 0 amide bonds. The number of ether oxygens (including phenoxy) is 2. The molecule has 1 N–H and O–H groups in total. The van der Waals surface area contributed by atoms with Crippen LogP contribution in [0.15, 0.2) is 23.8 Å². The Hall–Kier alpha value is -1.76. The molecule has 7 heteroatoms. The number of hydrogen-bond donors (Lipinski definition) is 1. The molecule has 0 spiro atoms. The summed E-state index contributed by atoms with van der Waals surface area (Å²) in [5.41, 5.74) is 0.281. The maximum atomic E-state index is 11.6. The van der Waals surface area contributed by atoms with Crippen molar-refractivity contribution in [1.82, 2.24) is 5.32 Å². The van der Waals surface area contributed by atoms with Gasteiger partial charge in [0.2, 0.25) is 0 Å². The number of carbonyl (C=O) groups excluding carboxylic acids is 3. The third kappa shape index (κ3) is 4.41. The van der Waals surface area contributed by atoms with Gasteiger partial charge in [0.1, 0.15) is 24.7 Å². The molecule has 6 nitrogen and oxygen atoms in total. The first-order valence-corrected chi connectivity index (χ1v) is 6.96. The van der Waals surface area contributed by atoms with Crippen molar-refractivity contribution < 1.29 is 23.9 Å². The second-order valence-electron chi connectivity index (χ2n) is 4.15. The lowest BCUT2D eigenvalue weighted by molar-refractivity contribution is -0.149. The Balaban J connectivity index is 2.58. The summed E-state index contributed by atoms with van der Waals surface area (Å²) in [7, 11) is 0. The maximum absolute atomic E-state index is 11.6. The number of carbonyl (C=O) groups is 3. The molecule has 0 aromatic heterocycles. The second-order valence-corrected chi connectivity index (χ2v) is 5.16. The fourth-order valence-corrected chi connectivity index (χ4v) is 2.75. The van der Waals surface area contributed by atoms with Gasteiger partial charge in [-0.05, 0) is 6.92 Å². The molecule has 110 valence electrons. The van der Waals surface area contributed by atoms with Gasteiger partial charge in [0.05, 0.1) is 11.3 Å². The Morgan fingerprint density at radius 3 is 2.85 bits per heavy atom. The van der Waals surface area contributed by atoms with Crippen LogP contribution in [0.5, 0.6) is 0 Å². The minimum absolute atomic E-state index is 0.119. The van der Waals surface area contributed by atoms with Crippen molar-refractivity contribution in [1.29, 1.82) is 0 Å². The van der Waals surface area contributed by atoms with Crippen LogP contribution in [0.2, 0.25) is 0 Å². The highest BCUT2D eigenvalue weighted by Crippen LogP contribution is 2.29. The monoisotopic (exact) mass is 299 g/mol. The first-order chi connectivity index (χ1) is 9.49. The highest BCUT2D eigenvalue weighted by atomic mass is 32.2. The molecule has 0 aromatic rings. The van der Waals surface area contributed by atoms with E-state index in [2.05, 4.69) is 11.9 Å². The first-order valence-electron chi connectivity index (χ1n) is 6.02. The van der Waals surface area contributed by atoms with Crippen LogP contribution in [-0.4, -0.2) is 36.3 Å². The Labute approximate surface area is 121 Å². The zero-order chi connectivity index (χ0) is 15.1. The third-order valence-electron chi connectivity index (χ3n) is 2.58. The van der Waals surface area contributed by atoms with Crippen LogP contribution in [0.4, 0.5) is 0 Å². The lowest BCUT2D eigenvalue weighted by atomic mass is 10.1. The molecule has 20 heavy (non-hydrogen) atoms. The second kappa shape index (κ2) is 7.74. The first kappa shape index (κ1) is 16.3. The normalized spacial score (nSPS) is 20.1. The van der Waals surface area contributed by atoms with E-state index in [1.54, 1.807) is 12.3 Å². The van der Waals surface area contributed by atoms with Gasteiger partial charge in [-0.25, -0.2) is 4.79 Å². The summed E-state index contributed by atoms with van der Waals surface area (Å²) < 4.78 is 9.89. The lowest BCUT2D eigenvalue weighted by Crippen LogP contribution is -2.39. The van der Waals surface area contributed by atoms with Crippen molar-refractivity contribution in [3.05, 3.63) is 23.8 Å². The van der Waals surface area contributed by atoms with Crippen LogP contribution < -0.4 is 5.32 Å². The van der Waals surface area contributed by atoms with E-state index in [1.807, 2.05) is 0 Å². The SMILES string of the molecule is C=CCOC(=O)C1=CSC(C(C=O)C(C)OC(C)=O)N1. The smallest absolute Gasteiger partial charge is 0.355 e. The van der Waals surface area contributed by atoms with Crippen LogP contribution in [0.25, 0.3) is 0 Å². The highest BCUT2D eigenvalue weighted by Gasteiger charge is 2.33. The predicted molar refractivity (Wildman–Crippen MR) is 74.5 cm³/mol. The summed E-state index contributed by atoms with van der Waals surface area (Å²) in [4.78, 5) is 33.7. The summed E-state index contributed by atoms with van der Waals surface area (Å²) in [6.45, 7) is 6.49. The zero-order valence-electron chi connectivity index (χ0n) is 11.3. The van der Waals surface area contributed by atoms with Crippen molar-refractivity contribution in [3.63, 3.8) is 0 Å². The minimum Gasteiger partial charge on any atom is -0.462 e. The standard InChI is InChI=1S/C13H17NO5S/c1-4-5-18-13(17)11-7-20-12(14-11)10(6-15)8(2)19-9(3)16/h4,6-8,10,12,14H,1,5H2,2-3H3. The Bertz CT molecular complexity index is 434. The average Bonchev–Trinajstić information content (AvgIpc) is 2.85. The van der Waals surface area contributed by atoms with Gasteiger partial charge in [0.15, 0.2) is 0 Å². The van der Waals surface area contributed by atoms with Crippen molar-refractivity contribution in [3.8, 4) is 0 Å². The van der Waals surface area contributed by atoms with E-state index < -0.39 is 24.0 Å². The Morgan fingerprint density at radius 2 is 2.30 bits per heavy atom. The molecule has 1 aliphatic heterocycles. The number of nitrogens with one attached hydrogen (secondary N) is 1. The van der Waals surface area contributed by atoms with E-state index in [4.69, 9.17) is 9.47 Å². The molecule has 1 heterocycles. The quantitative estimate of drug-likeness (QED) is 0.426. The van der Waals surface area contributed by atoms with Gasteiger partial charge in [0, 0.05) is 12.3 Å². The van der Waals surface area contributed by atoms with Gasteiger partial charge in [-0.2, -0.15) is 0 Å². The number of esters is 2. The fraction of sp³-hybridized carbons (Fsp3) is 0.462. The molecule has 3 unspecified atom stereocenters. The number of thioether (sulfide) groups is 1. The molecule has 0 bridgehead atoms. The van der Waals surface area contributed by atoms with Crippen LogP contribution in [0.3, 0.4) is 0 Å². The van der Waals surface area contributed by atoms with E-state index in [9.17, 15) is 14.4 Å². The summed E-state index contributed by atoms with van der Waals surface area (Å²) in [6.07, 6.45) is 1.60. The molecule has 0 aromatic carbocycles. The van der Waals surface area contributed by atoms with Crippen LogP contribution in [0, 0.1) is 5.92 Å². The molecule has 1 aliphatic rings. The summed E-state index contributed by atoms with van der Waals surface area (Å²) >= 11 is 1.28. The number of aldehydes is 1. The molecule has 0 saturated heterocycles. The molecule has 1 rings (SSSR count). The number of hydrogen-bond acceptors (Lipinski definition) is 7. The predicted octanol–water partition coefficient (Wildman–Crippen LogP) is 0.986. The fourth-order valence-electron chi connectivity index (χ4n) is 1.64. The number of rotatable bonds is 7. The maximum Gasteiger partial charge on any atom is 0.355 e. The van der Waals surface area contributed by atoms with Gasteiger partial charge >= 0.3 is 11.9 Å². The molecule has 0 fully saturated rings. The Kier molecular flexibility index (Phi) is 6.30. The topological polar surface area (TPSA) is 81.7 Å². The van der Waals surface area contributed by atoms with E-state index in [0.717, 1.165) is 0 Å². The van der Waals surface area contributed by atoms with Crippen LogP contribution in [-0.2, 0) is 23.9 Å². The molecule has 0 radical (unpaired) electrons. The summed E-state index contributed by atoms with van der Waals surface area (Å²) in [5.74, 6) is -1.53. The lowest BCUT2D eigenvalue weighted by Gasteiger charge is -2.24. The zero-order valence-corrected chi connectivity index (χ0v) is 12.1. The van der Waals surface area contributed by atoms with Gasteiger partial charge in [-0.15, -0.1) is 11.8 Å². The van der Waals surface area contributed by atoms with Gasteiger partial charge in [0.25, 0.3) is 0 Å². The third-order valence-corrected chi connectivity index (χ3v) is 3.68. The Morgan fingerprint density at radius 1 is 1.60 bits per heavy atom. The van der Waals surface area contributed by atoms with Crippen LogP contribution >= 0.6 is 11.8 Å². The molecular weight excluding hydrogens is 282 g/mol. The van der Waals surface area contributed by atoms with Gasteiger partial charge in [-0.1, -0.05) is 12.7 Å². The van der Waals surface area contributed by atoms with Crippen molar-refractivity contribution >= 4 is 30.0 Å². The highest BCUT2D eigenvalue weighted by molar-refractivity contribution is 8.03. The minimum atomic E-state index is -0.577. The summed E-state index contributed by atoms with van der Waals surface area (Å²) in [6, 6.07) is 0. The van der Waals surface area contributed by atoms with E-state index in [1.165, 1.54) is 24.8 Å². The molecule has 0 saturated carbocycles. The van der Waals surface area contributed by atoms with E-state index >= 15 is 0 Å². The molecule has 0 aliphatic carbocycles. The van der Waals surface area contributed by atoms with Crippen molar-refractivity contribution in [2.45, 2.75) is 25.3 Å². The van der Waals surface area contributed by atoms with E-state index in [-0.39, 0.29) is 17.7 Å². The summed E-state index contributed by atoms with van der Waals surface area (Å²) in [5, 5.41) is 4.12. The van der Waals surface area contributed by atoms with Crippen molar-refractivity contribution in [2.75, 3.05) is 6.61 Å². The molecule has 3 atom stereocenters. The largest absolute Gasteiger partial charge is 0.462 e. The van der Waals surface area contributed by atoms with E-state index in [0.29, 0.717) is 6.29 Å². The average molecular weight is 299 g/mol. The van der Waals surface area contributed by atoms with Crippen molar-refractivity contribution in [2.24, 2.45) is 5.92 Å². The van der Waals surface area contributed by atoms with Gasteiger partial charge < -0.3 is 19.6 Å². The van der Waals surface area contributed by atoms with Crippen LogP contribution in [0.1, 0.15) is 13.8 Å². The molecular formula is C13H17NO5S. The van der Waals surface area contributed by atoms with Gasteiger partial charge in [-0.3, -0.25) is 4.79 Å².